The standard InChI is InChI=1S/C19H14N2O2/c22-19(20-13-6-2-1-3-7-13)21-14-10-11-16-15-8-4-5-9-17(15)23-18(16)12-14/h1-12H,(H2,20,21,22). The van der Waals surface area contributed by atoms with Gasteiger partial charge in [0.15, 0.2) is 0 Å². The summed E-state index contributed by atoms with van der Waals surface area (Å²) in [6.45, 7) is 0. The van der Waals surface area contributed by atoms with Crippen LogP contribution in [0.5, 0.6) is 0 Å². The van der Waals surface area contributed by atoms with Gasteiger partial charge in [-0.05, 0) is 30.3 Å². The van der Waals surface area contributed by atoms with Gasteiger partial charge < -0.3 is 15.1 Å². The van der Waals surface area contributed by atoms with Crippen molar-refractivity contribution in [2.45, 2.75) is 0 Å². The van der Waals surface area contributed by atoms with E-state index in [0.29, 0.717) is 5.69 Å². The third-order valence-electron chi connectivity index (χ3n) is 3.67. The van der Waals surface area contributed by atoms with Gasteiger partial charge in [0.1, 0.15) is 11.2 Å². The molecule has 4 aromatic rings. The smallest absolute Gasteiger partial charge is 0.323 e. The predicted octanol–water partition coefficient (Wildman–Crippen LogP) is 5.23. The molecule has 1 heterocycles. The van der Waals surface area contributed by atoms with Crippen LogP contribution in [0, 0.1) is 0 Å². The topological polar surface area (TPSA) is 54.3 Å². The van der Waals surface area contributed by atoms with E-state index >= 15 is 0 Å². The van der Waals surface area contributed by atoms with E-state index in [1.165, 1.54) is 0 Å². The van der Waals surface area contributed by atoms with Gasteiger partial charge >= 0.3 is 6.03 Å². The molecule has 0 aliphatic rings. The summed E-state index contributed by atoms with van der Waals surface area (Å²) in [5, 5.41) is 7.71. The highest BCUT2D eigenvalue weighted by molar-refractivity contribution is 6.07. The lowest BCUT2D eigenvalue weighted by molar-refractivity contribution is 0.262. The van der Waals surface area contributed by atoms with Crippen molar-refractivity contribution in [2.75, 3.05) is 10.6 Å². The van der Waals surface area contributed by atoms with Gasteiger partial charge in [-0.2, -0.15) is 0 Å². The Morgan fingerprint density at radius 2 is 1.39 bits per heavy atom. The summed E-state index contributed by atoms with van der Waals surface area (Å²) in [6, 6.07) is 22.6. The Morgan fingerprint density at radius 1 is 0.696 bits per heavy atom. The minimum atomic E-state index is -0.285. The fourth-order valence-electron chi connectivity index (χ4n) is 2.62. The molecule has 1 aromatic heterocycles. The molecule has 3 aromatic carbocycles. The van der Waals surface area contributed by atoms with Gasteiger partial charge in [0.05, 0.1) is 0 Å². The molecule has 23 heavy (non-hydrogen) atoms. The highest BCUT2D eigenvalue weighted by Crippen LogP contribution is 2.30. The molecule has 0 radical (unpaired) electrons. The second-order valence-corrected chi connectivity index (χ2v) is 5.25. The summed E-state index contributed by atoms with van der Waals surface area (Å²) < 4.78 is 5.82. The van der Waals surface area contributed by atoms with Crippen molar-refractivity contribution in [3.8, 4) is 0 Å². The number of carbonyl (C=O) groups is 1. The molecule has 0 saturated carbocycles. The minimum Gasteiger partial charge on any atom is -0.456 e. The first-order valence-electron chi connectivity index (χ1n) is 7.34. The van der Waals surface area contributed by atoms with Crippen LogP contribution in [0.1, 0.15) is 0 Å². The summed E-state index contributed by atoms with van der Waals surface area (Å²) in [5.41, 5.74) is 3.02. The molecule has 0 aliphatic carbocycles. The van der Waals surface area contributed by atoms with Crippen LogP contribution in [0.3, 0.4) is 0 Å². The second-order valence-electron chi connectivity index (χ2n) is 5.25. The van der Waals surface area contributed by atoms with Crippen LogP contribution in [-0.4, -0.2) is 6.03 Å². The summed E-state index contributed by atoms with van der Waals surface area (Å²) >= 11 is 0. The van der Waals surface area contributed by atoms with Crippen molar-refractivity contribution < 1.29 is 9.21 Å². The predicted molar refractivity (Wildman–Crippen MR) is 92.8 cm³/mol. The van der Waals surface area contributed by atoms with Crippen LogP contribution in [0.25, 0.3) is 21.9 Å². The number of amides is 2. The Labute approximate surface area is 132 Å². The number of anilines is 2. The SMILES string of the molecule is O=C(Nc1ccccc1)Nc1ccc2c(c1)oc1ccccc12. The molecular weight excluding hydrogens is 288 g/mol. The average Bonchev–Trinajstić information content (AvgIpc) is 2.93. The van der Waals surface area contributed by atoms with Crippen molar-refractivity contribution in [1.82, 2.24) is 0 Å². The quantitative estimate of drug-likeness (QED) is 0.532. The van der Waals surface area contributed by atoms with Gasteiger partial charge in [0.2, 0.25) is 0 Å². The molecule has 0 fully saturated rings. The number of furan rings is 1. The van der Waals surface area contributed by atoms with E-state index in [-0.39, 0.29) is 6.03 Å². The van der Waals surface area contributed by atoms with E-state index in [2.05, 4.69) is 10.6 Å². The number of para-hydroxylation sites is 2. The highest BCUT2D eigenvalue weighted by atomic mass is 16.3. The van der Waals surface area contributed by atoms with Crippen molar-refractivity contribution >= 4 is 39.3 Å². The molecule has 0 saturated heterocycles. The maximum absolute atomic E-state index is 12.0. The van der Waals surface area contributed by atoms with Crippen molar-refractivity contribution in [2.24, 2.45) is 0 Å². The molecule has 0 aliphatic heterocycles. The first kappa shape index (κ1) is 13.4. The lowest BCUT2D eigenvalue weighted by Crippen LogP contribution is -2.19. The van der Waals surface area contributed by atoms with Gasteiger partial charge in [0.25, 0.3) is 0 Å². The Bertz CT molecular complexity index is 990. The fourth-order valence-corrected chi connectivity index (χ4v) is 2.62. The first-order chi connectivity index (χ1) is 11.3. The van der Waals surface area contributed by atoms with E-state index in [0.717, 1.165) is 27.6 Å². The van der Waals surface area contributed by atoms with Crippen molar-refractivity contribution in [1.29, 1.82) is 0 Å². The lowest BCUT2D eigenvalue weighted by Gasteiger charge is -2.07. The molecule has 0 spiro atoms. The summed E-state index contributed by atoms with van der Waals surface area (Å²) in [4.78, 5) is 12.0. The largest absolute Gasteiger partial charge is 0.456 e. The number of rotatable bonds is 2. The Hall–Kier alpha value is -3.27. The zero-order valence-corrected chi connectivity index (χ0v) is 12.2. The minimum absolute atomic E-state index is 0.285. The zero-order valence-electron chi connectivity index (χ0n) is 12.2. The Morgan fingerprint density at radius 3 is 2.26 bits per heavy atom. The van der Waals surface area contributed by atoms with Gasteiger partial charge in [-0.3, -0.25) is 0 Å². The molecular formula is C19H14N2O2. The zero-order chi connectivity index (χ0) is 15.6. The summed E-state index contributed by atoms with van der Waals surface area (Å²) in [6.07, 6.45) is 0. The number of hydrogen-bond donors (Lipinski definition) is 2. The van der Waals surface area contributed by atoms with Gasteiger partial charge in [-0.15, -0.1) is 0 Å². The molecule has 0 atom stereocenters. The number of hydrogen-bond acceptors (Lipinski definition) is 2. The monoisotopic (exact) mass is 302 g/mol. The summed E-state index contributed by atoms with van der Waals surface area (Å²) in [5.74, 6) is 0. The maximum atomic E-state index is 12.0. The number of urea groups is 1. The van der Waals surface area contributed by atoms with Crippen LogP contribution in [0.4, 0.5) is 16.2 Å². The summed E-state index contributed by atoms with van der Waals surface area (Å²) in [7, 11) is 0. The van der Waals surface area contributed by atoms with Gasteiger partial charge in [0, 0.05) is 28.2 Å². The number of fused-ring (bicyclic) bond motifs is 3. The molecule has 2 amide bonds. The van der Waals surface area contributed by atoms with E-state index < -0.39 is 0 Å². The molecule has 0 bridgehead atoms. The molecule has 4 rings (SSSR count). The molecule has 2 N–H and O–H groups in total. The lowest BCUT2D eigenvalue weighted by atomic mass is 10.1. The van der Waals surface area contributed by atoms with Crippen LogP contribution in [0.15, 0.2) is 77.2 Å². The number of nitrogens with one attached hydrogen (secondary N) is 2. The molecule has 0 unspecified atom stereocenters. The van der Waals surface area contributed by atoms with Gasteiger partial charge in [-0.1, -0.05) is 36.4 Å². The molecule has 4 nitrogen and oxygen atoms in total. The second kappa shape index (κ2) is 5.50. The Kier molecular flexibility index (Phi) is 3.20. The highest BCUT2D eigenvalue weighted by Gasteiger charge is 2.08. The van der Waals surface area contributed by atoms with E-state index in [9.17, 15) is 4.79 Å². The maximum Gasteiger partial charge on any atom is 0.323 e. The number of carbonyl (C=O) groups excluding carboxylic acids is 1. The van der Waals surface area contributed by atoms with Crippen LogP contribution < -0.4 is 10.6 Å². The van der Waals surface area contributed by atoms with Crippen molar-refractivity contribution in [3.05, 3.63) is 72.8 Å². The van der Waals surface area contributed by atoms with Crippen molar-refractivity contribution in [3.63, 3.8) is 0 Å². The van der Waals surface area contributed by atoms with E-state index in [1.807, 2.05) is 72.8 Å². The van der Waals surface area contributed by atoms with Crippen LogP contribution in [0.2, 0.25) is 0 Å². The average molecular weight is 302 g/mol. The Balaban J connectivity index is 1.59. The third kappa shape index (κ3) is 2.62. The van der Waals surface area contributed by atoms with Crippen LogP contribution in [-0.2, 0) is 0 Å². The van der Waals surface area contributed by atoms with E-state index in [1.54, 1.807) is 0 Å². The normalized spacial score (nSPS) is 10.8. The number of benzene rings is 3. The first-order valence-corrected chi connectivity index (χ1v) is 7.34. The van der Waals surface area contributed by atoms with E-state index in [4.69, 9.17) is 4.42 Å². The third-order valence-corrected chi connectivity index (χ3v) is 3.67. The molecule has 4 heteroatoms. The van der Waals surface area contributed by atoms with Crippen LogP contribution >= 0.6 is 0 Å². The fraction of sp³-hybridized carbons (Fsp3) is 0. The van der Waals surface area contributed by atoms with Gasteiger partial charge in [-0.25, -0.2) is 4.79 Å². The molecule has 112 valence electrons.